The van der Waals surface area contributed by atoms with Gasteiger partial charge in [0, 0.05) is 35.2 Å². The van der Waals surface area contributed by atoms with Gasteiger partial charge in [0.25, 0.3) is 11.7 Å². The van der Waals surface area contributed by atoms with Crippen LogP contribution in [0.5, 0.6) is 0 Å². The lowest BCUT2D eigenvalue weighted by atomic mass is 9.94. The highest BCUT2D eigenvalue weighted by atomic mass is 35.5. The zero-order valence-electron chi connectivity index (χ0n) is 19.5. The van der Waals surface area contributed by atoms with Crippen molar-refractivity contribution in [3.63, 3.8) is 0 Å². The minimum absolute atomic E-state index is 0.0817. The van der Waals surface area contributed by atoms with Crippen molar-refractivity contribution in [1.82, 2.24) is 14.9 Å². The van der Waals surface area contributed by atoms with Gasteiger partial charge in [-0.1, -0.05) is 29.8 Å². The van der Waals surface area contributed by atoms with Gasteiger partial charge in [-0.3, -0.25) is 14.6 Å². The molecule has 2 aromatic heterocycles. The summed E-state index contributed by atoms with van der Waals surface area (Å²) in [6.07, 6.45) is 3.23. The number of hydrogen-bond acceptors (Lipinski definition) is 6. The number of amides is 1. The van der Waals surface area contributed by atoms with Gasteiger partial charge in [-0.15, -0.1) is 0 Å². The molecule has 2 N–H and O–H groups in total. The first-order valence-corrected chi connectivity index (χ1v) is 11.4. The van der Waals surface area contributed by atoms with Crippen molar-refractivity contribution < 1.29 is 24.2 Å². The van der Waals surface area contributed by atoms with Crippen LogP contribution in [0.4, 0.5) is 0 Å². The molecule has 35 heavy (non-hydrogen) atoms. The Morgan fingerprint density at radius 2 is 2.00 bits per heavy atom. The third-order valence-corrected chi connectivity index (χ3v) is 6.17. The summed E-state index contributed by atoms with van der Waals surface area (Å²) in [6.45, 7) is 5.30. The molecule has 0 saturated carbocycles. The number of aromatic nitrogens is 2. The number of ether oxygens (including phenoxy) is 1. The van der Waals surface area contributed by atoms with Gasteiger partial charge in [0.05, 0.1) is 18.2 Å². The van der Waals surface area contributed by atoms with Crippen molar-refractivity contribution in [2.24, 2.45) is 0 Å². The van der Waals surface area contributed by atoms with Crippen LogP contribution in [-0.4, -0.2) is 44.2 Å². The first-order chi connectivity index (χ1) is 16.7. The number of aryl methyl sites for hydroxylation is 1. The number of aromatic amines is 1. The molecule has 1 aliphatic rings. The Bertz CT molecular complexity index is 1350. The van der Waals surface area contributed by atoms with E-state index in [4.69, 9.17) is 16.3 Å². The zero-order valence-corrected chi connectivity index (χ0v) is 20.2. The van der Waals surface area contributed by atoms with Crippen molar-refractivity contribution in [2.45, 2.75) is 33.4 Å². The predicted molar refractivity (Wildman–Crippen MR) is 130 cm³/mol. The normalized spacial score (nSPS) is 17.1. The van der Waals surface area contributed by atoms with Gasteiger partial charge < -0.3 is 19.7 Å². The molecule has 180 valence electrons. The quantitative estimate of drug-likeness (QED) is 0.226. The summed E-state index contributed by atoms with van der Waals surface area (Å²) >= 11 is 6.23. The maximum absolute atomic E-state index is 13.3. The predicted octanol–water partition coefficient (Wildman–Crippen LogP) is 4.48. The highest BCUT2D eigenvalue weighted by Crippen LogP contribution is 2.42. The molecule has 1 aliphatic heterocycles. The second-order valence-corrected chi connectivity index (χ2v) is 8.63. The number of nitrogens with zero attached hydrogens (tertiary/aromatic N) is 2. The van der Waals surface area contributed by atoms with E-state index in [1.807, 2.05) is 0 Å². The lowest BCUT2D eigenvalue weighted by Gasteiger charge is -2.25. The maximum atomic E-state index is 13.3. The van der Waals surface area contributed by atoms with E-state index in [0.29, 0.717) is 21.8 Å². The molecule has 0 aliphatic carbocycles. The molecular formula is C26H24ClN3O5. The molecule has 0 unspecified atom stereocenters. The van der Waals surface area contributed by atoms with Crippen LogP contribution in [0.25, 0.3) is 5.76 Å². The van der Waals surface area contributed by atoms with Gasteiger partial charge >= 0.3 is 5.97 Å². The first-order valence-electron chi connectivity index (χ1n) is 11.0. The van der Waals surface area contributed by atoms with Crippen molar-refractivity contribution in [1.29, 1.82) is 0 Å². The molecule has 1 aromatic carbocycles. The van der Waals surface area contributed by atoms with Crippen molar-refractivity contribution in [3.8, 4) is 0 Å². The van der Waals surface area contributed by atoms with Gasteiger partial charge in [0.2, 0.25) is 0 Å². The smallest absolute Gasteiger partial charge is 0.355 e. The summed E-state index contributed by atoms with van der Waals surface area (Å²) in [6, 6.07) is 9.44. The number of aliphatic hydroxyl groups is 1. The minimum atomic E-state index is -0.895. The van der Waals surface area contributed by atoms with Crippen LogP contribution in [0.2, 0.25) is 5.02 Å². The monoisotopic (exact) mass is 493 g/mol. The molecule has 3 heterocycles. The summed E-state index contributed by atoms with van der Waals surface area (Å²) in [7, 11) is 0. The molecule has 1 saturated heterocycles. The minimum Gasteiger partial charge on any atom is -0.507 e. The average Bonchev–Trinajstić information content (AvgIpc) is 3.27. The maximum Gasteiger partial charge on any atom is 0.355 e. The molecule has 8 nitrogen and oxygen atoms in total. The van der Waals surface area contributed by atoms with E-state index in [-0.39, 0.29) is 35.7 Å². The Labute approximate surface area is 207 Å². The third-order valence-electron chi connectivity index (χ3n) is 5.93. The largest absolute Gasteiger partial charge is 0.507 e. The average molecular weight is 494 g/mol. The van der Waals surface area contributed by atoms with E-state index in [1.165, 1.54) is 4.90 Å². The third kappa shape index (κ3) is 4.44. The molecule has 3 aromatic rings. The second-order valence-electron chi connectivity index (χ2n) is 8.19. The number of likely N-dealkylation sites (tertiary alicyclic amines) is 1. The number of rotatable bonds is 6. The number of carbonyl (C=O) groups excluding carboxylic acids is 3. The van der Waals surface area contributed by atoms with Gasteiger partial charge in [-0.05, 0) is 55.7 Å². The fourth-order valence-corrected chi connectivity index (χ4v) is 4.60. The van der Waals surface area contributed by atoms with Gasteiger partial charge in [0.15, 0.2) is 0 Å². The van der Waals surface area contributed by atoms with E-state index >= 15 is 0 Å². The summed E-state index contributed by atoms with van der Waals surface area (Å²) in [5.74, 6) is -2.52. The highest BCUT2D eigenvalue weighted by Gasteiger charge is 2.46. The number of carbonyl (C=O) groups is 3. The van der Waals surface area contributed by atoms with Gasteiger partial charge in [0.1, 0.15) is 11.5 Å². The topological polar surface area (TPSA) is 113 Å². The summed E-state index contributed by atoms with van der Waals surface area (Å²) in [5.41, 5.74) is 2.54. The summed E-state index contributed by atoms with van der Waals surface area (Å²) in [5, 5.41) is 11.9. The molecule has 1 atom stereocenters. The number of halogens is 1. The molecule has 0 bridgehead atoms. The highest BCUT2D eigenvalue weighted by molar-refractivity contribution is 6.46. The van der Waals surface area contributed by atoms with Crippen LogP contribution < -0.4 is 0 Å². The number of aliphatic hydroxyl groups excluding tert-OH is 1. The number of hydrogen-bond donors (Lipinski definition) is 2. The van der Waals surface area contributed by atoms with Crippen molar-refractivity contribution in [2.75, 3.05) is 6.61 Å². The Morgan fingerprint density at radius 1 is 1.23 bits per heavy atom. The fraction of sp³-hybridized carbons (Fsp3) is 0.231. The second kappa shape index (κ2) is 9.76. The lowest BCUT2D eigenvalue weighted by Crippen LogP contribution is -2.29. The molecule has 0 spiro atoms. The van der Waals surface area contributed by atoms with Crippen molar-refractivity contribution >= 4 is 35.0 Å². The van der Waals surface area contributed by atoms with Crippen LogP contribution in [0.3, 0.4) is 0 Å². The number of esters is 1. The van der Waals surface area contributed by atoms with Crippen LogP contribution >= 0.6 is 11.6 Å². The van der Waals surface area contributed by atoms with Gasteiger partial charge in [-0.25, -0.2) is 4.79 Å². The number of H-pyrrole nitrogens is 1. The first kappa shape index (κ1) is 24.2. The summed E-state index contributed by atoms with van der Waals surface area (Å²) in [4.78, 5) is 47.3. The van der Waals surface area contributed by atoms with Crippen LogP contribution in [0.15, 0.2) is 54.4 Å². The van der Waals surface area contributed by atoms with Crippen LogP contribution in [0.1, 0.15) is 51.4 Å². The molecular weight excluding hydrogens is 470 g/mol. The van der Waals surface area contributed by atoms with Gasteiger partial charge in [-0.2, -0.15) is 0 Å². The Balaban J connectivity index is 1.90. The number of Topliss-reactive ketones (excluding diaryl/α,β-unsaturated/α-hetero) is 1. The van der Waals surface area contributed by atoms with E-state index < -0.39 is 23.7 Å². The molecule has 1 amide bonds. The Hall–Kier alpha value is -3.91. The molecule has 0 radical (unpaired) electrons. The standard InChI is InChI=1S/C26H24ClN3O5/c1-4-35-26(34)21-14(2)19(15(3)29-21)23(31)20-22(17-8-5-9-18(27)11-17)30(25(33)24(20)32)13-16-7-6-10-28-12-16/h5-12,22,29,31H,4,13H2,1-3H3/b23-20+/t22-/m1/s1. The SMILES string of the molecule is CCOC(=O)c1[nH]c(C)c(/C(O)=C2\C(=O)C(=O)N(Cc3cccnc3)[C@@H]2c2cccc(Cl)c2)c1C. The van der Waals surface area contributed by atoms with E-state index in [9.17, 15) is 19.5 Å². The van der Waals surface area contributed by atoms with Crippen LogP contribution in [0, 0.1) is 13.8 Å². The molecule has 1 fully saturated rings. The lowest BCUT2D eigenvalue weighted by molar-refractivity contribution is -0.140. The van der Waals surface area contributed by atoms with Crippen LogP contribution in [-0.2, 0) is 20.9 Å². The van der Waals surface area contributed by atoms with E-state index in [0.717, 1.165) is 5.56 Å². The zero-order chi connectivity index (χ0) is 25.3. The number of benzene rings is 1. The number of pyridine rings is 1. The Morgan fingerprint density at radius 3 is 2.66 bits per heavy atom. The molecule has 9 heteroatoms. The van der Waals surface area contributed by atoms with E-state index in [1.54, 1.807) is 69.6 Å². The molecule has 4 rings (SSSR count). The fourth-order valence-electron chi connectivity index (χ4n) is 4.40. The van der Waals surface area contributed by atoms with E-state index in [2.05, 4.69) is 9.97 Å². The Kier molecular flexibility index (Phi) is 6.75. The van der Waals surface area contributed by atoms with Crippen molar-refractivity contribution in [3.05, 3.63) is 93.0 Å². The number of ketones is 1. The summed E-state index contributed by atoms with van der Waals surface area (Å²) < 4.78 is 5.09. The number of nitrogens with one attached hydrogen (secondary N) is 1.